The Hall–Kier alpha value is -2.29. The number of sulfonamides is 1. The number of rotatable bonds is 7. The Morgan fingerprint density at radius 2 is 1.88 bits per heavy atom. The van der Waals surface area contributed by atoms with Crippen LogP contribution in [0.15, 0.2) is 58.5 Å². The summed E-state index contributed by atoms with van der Waals surface area (Å²) in [4.78, 5) is 4.72. The van der Waals surface area contributed by atoms with Crippen molar-refractivity contribution < 1.29 is 8.42 Å². The molecule has 0 aliphatic heterocycles. The molecule has 0 aliphatic rings. The summed E-state index contributed by atoms with van der Waals surface area (Å²) in [6, 6.07) is 14.6. The number of para-hydroxylation sites is 1. The van der Waals surface area contributed by atoms with Crippen molar-refractivity contribution in [2.45, 2.75) is 25.2 Å². The van der Waals surface area contributed by atoms with Crippen LogP contribution in [0.25, 0.3) is 10.2 Å². The van der Waals surface area contributed by atoms with Crippen molar-refractivity contribution in [1.29, 1.82) is 0 Å². The Balaban J connectivity index is 1.72. The van der Waals surface area contributed by atoms with Gasteiger partial charge in [0, 0.05) is 6.54 Å². The summed E-state index contributed by atoms with van der Waals surface area (Å²) >= 11 is 1.53. The summed E-state index contributed by atoms with van der Waals surface area (Å²) in [6.07, 6.45) is 0.751. The molecule has 3 aromatic rings. The second-order valence-electron chi connectivity index (χ2n) is 5.72. The summed E-state index contributed by atoms with van der Waals surface area (Å²) in [6.45, 7) is 4.21. The molecule has 0 bridgehead atoms. The zero-order chi connectivity index (χ0) is 18.6. The van der Waals surface area contributed by atoms with Crippen LogP contribution in [0.2, 0.25) is 0 Å². The Bertz CT molecular complexity index is 992. The summed E-state index contributed by atoms with van der Waals surface area (Å²) in [5.41, 5.74) is 5.49. The van der Waals surface area contributed by atoms with Gasteiger partial charge in [-0.25, -0.2) is 18.1 Å². The van der Waals surface area contributed by atoms with Crippen LogP contribution in [0.1, 0.15) is 25.8 Å². The molecule has 136 valence electrons. The van der Waals surface area contributed by atoms with Gasteiger partial charge in [-0.15, -0.1) is 0 Å². The Kier molecular flexibility index (Phi) is 5.65. The maximum atomic E-state index is 12.1. The average Bonchev–Trinajstić information content (AvgIpc) is 3.07. The fourth-order valence-electron chi connectivity index (χ4n) is 2.31. The van der Waals surface area contributed by atoms with E-state index in [1.54, 1.807) is 24.3 Å². The average molecular weight is 389 g/mol. The van der Waals surface area contributed by atoms with Crippen molar-refractivity contribution in [1.82, 2.24) is 9.71 Å². The summed E-state index contributed by atoms with van der Waals surface area (Å²) < 4.78 is 27.9. The lowest BCUT2D eigenvalue weighted by Crippen LogP contribution is -2.24. The van der Waals surface area contributed by atoms with E-state index in [9.17, 15) is 8.42 Å². The summed E-state index contributed by atoms with van der Waals surface area (Å²) in [7, 11) is -3.45. The smallest absolute Gasteiger partial charge is 0.240 e. The van der Waals surface area contributed by atoms with E-state index in [-0.39, 0.29) is 4.90 Å². The molecule has 0 amide bonds. The zero-order valence-corrected chi connectivity index (χ0v) is 16.2. The lowest BCUT2D eigenvalue weighted by Gasteiger charge is -2.07. The highest BCUT2D eigenvalue weighted by Crippen LogP contribution is 2.25. The number of hydrogen-bond acceptors (Lipinski definition) is 6. The third kappa shape index (κ3) is 4.27. The molecule has 0 saturated heterocycles. The molecule has 6 nitrogen and oxygen atoms in total. The number of anilines is 1. The van der Waals surface area contributed by atoms with E-state index in [1.807, 2.05) is 38.1 Å². The molecule has 8 heteroatoms. The minimum Gasteiger partial charge on any atom is -0.252 e. The number of fused-ring (bicyclic) bond motifs is 1. The molecule has 3 rings (SSSR count). The topological polar surface area (TPSA) is 83.5 Å². The summed E-state index contributed by atoms with van der Waals surface area (Å²) in [5.74, 6) is 0. The Labute approximate surface area is 157 Å². The van der Waals surface area contributed by atoms with Gasteiger partial charge in [-0.2, -0.15) is 5.10 Å². The standard InChI is InChI=1S/C18H20N4O2S2/c1-3-12-19-26(23,24)15-10-8-14(9-11-15)13(2)21-22-18-20-16-6-4-5-7-17(16)25-18/h4-11,19H,3,12H2,1-2H3,(H,20,22)/b21-13-. The molecule has 0 spiro atoms. The number of nitrogens with one attached hydrogen (secondary N) is 2. The summed E-state index contributed by atoms with van der Waals surface area (Å²) in [5, 5.41) is 5.07. The van der Waals surface area contributed by atoms with Crippen LogP contribution in [0.3, 0.4) is 0 Å². The second-order valence-corrected chi connectivity index (χ2v) is 8.52. The molecule has 0 radical (unpaired) electrons. The maximum Gasteiger partial charge on any atom is 0.240 e. The Morgan fingerprint density at radius 1 is 1.15 bits per heavy atom. The van der Waals surface area contributed by atoms with Crippen LogP contribution in [-0.4, -0.2) is 25.7 Å². The van der Waals surface area contributed by atoms with Crippen LogP contribution in [0, 0.1) is 0 Å². The number of aromatic nitrogens is 1. The molecule has 2 aromatic carbocycles. The van der Waals surface area contributed by atoms with Crippen molar-refractivity contribution >= 4 is 42.4 Å². The van der Waals surface area contributed by atoms with E-state index in [0.717, 1.165) is 27.9 Å². The van der Waals surface area contributed by atoms with Crippen LogP contribution < -0.4 is 10.1 Å². The predicted molar refractivity (Wildman–Crippen MR) is 107 cm³/mol. The van der Waals surface area contributed by atoms with Gasteiger partial charge in [-0.3, -0.25) is 5.43 Å². The lowest BCUT2D eigenvalue weighted by atomic mass is 10.1. The SMILES string of the molecule is CCCNS(=O)(=O)c1ccc(/C(C)=N\Nc2nc3ccccc3s2)cc1. The van der Waals surface area contributed by atoms with Crippen LogP contribution >= 0.6 is 11.3 Å². The number of hydrogen-bond donors (Lipinski definition) is 2. The molecule has 0 aliphatic carbocycles. The van der Waals surface area contributed by atoms with Crippen molar-refractivity contribution in [3.8, 4) is 0 Å². The first-order valence-corrected chi connectivity index (χ1v) is 10.6. The van der Waals surface area contributed by atoms with Crippen molar-refractivity contribution in [2.24, 2.45) is 5.10 Å². The first-order valence-electron chi connectivity index (χ1n) is 8.25. The number of benzene rings is 2. The normalized spacial score (nSPS) is 12.5. The van der Waals surface area contributed by atoms with Gasteiger partial charge in [0.2, 0.25) is 15.2 Å². The fraction of sp³-hybridized carbons (Fsp3) is 0.222. The highest BCUT2D eigenvalue weighted by molar-refractivity contribution is 7.89. The molecule has 0 atom stereocenters. The van der Waals surface area contributed by atoms with E-state index in [1.165, 1.54) is 11.3 Å². The van der Waals surface area contributed by atoms with Gasteiger partial charge in [0.05, 0.1) is 20.8 Å². The van der Waals surface area contributed by atoms with Gasteiger partial charge in [-0.05, 0) is 43.2 Å². The van der Waals surface area contributed by atoms with Gasteiger partial charge in [0.1, 0.15) is 0 Å². The van der Waals surface area contributed by atoms with Crippen molar-refractivity contribution in [3.63, 3.8) is 0 Å². The largest absolute Gasteiger partial charge is 0.252 e. The molecule has 26 heavy (non-hydrogen) atoms. The lowest BCUT2D eigenvalue weighted by molar-refractivity contribution is 0.581. The van der Waals surface area contributed by atoms with E-state index < -0.39 is 10.0 Å². The first kappa shape index (κ1) is 18.5. The van der Waals surface area contributed by atoms with Gasteiger partial charge >= 0.3 is 0 Å². The molecule has 0 unspecified atom stereocenters. The van der Waals surface area contributed by atoms with Gasteiger partial charge in [-0.1, -0.05) is 42.5 Å². The number of hydrazone groups is 1. The van der Waals surface area contributed by atoms with E-state index >= 15 is 0 Å². The van der Waals surface area contributed by atoms with Crippen molar-refractivity contribution in [2.75, 3.05) is 12.0 Å². The second kappa shape index (κ2) is 7.94. The zero-order valence-electron chi connectivity index (χ0n) is 14.6. The fourth-order valence-corrected chi connectivity index (χ4v) is 4.25. The molecule has 1 heterocycles. The molecule has 1 aromatic heterocycles. The maximum absolute atomic E-state index is 12.1. The van der Waals surface area contributed by atoms with Gasteiger partial charge in [0.15, 0.2) is 0 Å². The third-order valence-electron chi connectivity index (χ3n) is 3.74. The van der Waals surface area contributed by atoms with Gasteiger partial charge < -0.3 is 0 Å². The Morgan fingerprint density at radius 3 is 2.58 bits per heavy atom. The quantitative estimate of drug-likeness (QED) is 0.476. The van der Waals surface area contributed by atoms with E-state index in [2.05, 4.69) is 20.2 Å². The number of thiazole rings is 1. The van der Waals surface area contributed by atoms with Crippen LogP contribution in [-0.2, 0) is 10.0 Å². The van der Waals surface area contributed by atoms with E-state index in [0.29, 0.717) is 11.7 Å². The molecule has 0 fully saturated rings. The molecular formula is C18H20N4O2S2. The van der Waals surface area contributed by atoms with E-state index in [4.69, 9.17) is 0 Å². The highest BCUT2D eigenvalue weighted by Gasteiger charge is 2.13. The molecule has 0 saturated carbocycles. The molecular weight excluding hydrogens is 368 g/mol. The minimum absolute atomic E-state index is 0.252. The minimum atomic E-state index is -3.45. The van der Waals surface area contributed by atoms with Crippen molar-refractivity contribution in [3.05, 3.63) is 54.1 Å². The predicted octanol–water partition coefficient (Wildman–Crippen LogP) is 3.82. The monoisotopic (exact) mass is 388 g/mol. The first-order chi connectivity index (χ1) is 12.5. The molecule has 2 N–H and O–H groups in total. The number of nitrogens with zero attached hydrogens (tertiary/aromatic N) is 2. The highest BCUT2D eigenvalue weighted by atomic mass is 32.2. The third-order valence-corrected chi connectivity index (χ3v) is 6.16. The van der Waals surface area contributed by atoms with Crippen LogP contribution in [0.5, 0.6) is 0 Å². The van der Waals surface area contributed by atoms with Gasteiger partial charge in [0.25, 0.3) is 0 Å². The van der Waals surface area contributed by atoms with Crippen LogP contribution in [0.4, 0.5) is 5.13 Å².